The zero-order chi connectivity index (χ0) is 18.3. The van der Waals surface area contributed by atoms with Gasteiger partial charge in [-0.05, 0) is 64.1 Å². The Bertz CT molecular complexity index is 800. The monoisotopic (exact) mass is 355 g/mol. The van der Waals surface area contributed by atoms with Crippen LogP contribution in [0.15, 0.2) is 12.3 Å². The highest BCUT2D eigenvalue weighted by Gasteiger charge is 2.32. The summed E-state index contributed by atoms with van der Waals surface area (Å²) in [6, 6.07) is 2.20. The Labute approximate surface area is 155 Å². The van der Waals surface area contributed by atoms with Crippen LogP contribution in [0.4, 0.5) is 0 Å². The molecule has 4 heterocycles. The van der Waals surface area contributed by atoms with Crippen LogP contribution in [0, 0.1) is 18.8 Å². The minimum atomic E-state index is 0.136. The van der Waals surface area contributed by atoms with Crippen LogP contribution in [-0.4, -0.2) is 51.8 Å². The maximum atomic E-state index is 13.3. The molecule has 2 aliphatic heterocycles. The molecule has 4 rings (SSSR count). The van der Waals surface area contributed by atoms with E-state index in [-0.39, 0.29) is 11.9 Å². The number of pyridine rings is 1. The Hall–Kier alpha value is -1.95. The molecule has 3 atom stereocenters. The molecule has 2 aliphatic rings. The highest BCUT2D eigenvalue weighted by molar-refractivity contribution is 6.05. The minimum Gasteiger partial charge on any atom is -0.339 e. The van der Waals surface area contributed by atoms with Crippen molar-refractivity contribution in [2.75, 3.05) is 26.2 Å². The Morgan fingerprint density at radius 3 is 2.65 bits per heavy atom. The first-order chi connectivity index (χ1) is 12.6. The molecule has 0 radical (unpaired) electrons. The third kappa shape index (κ3) is 3.00. The topological polar surface area (TPSA) is 63.1 Å². The van der Waals surface area contributed by atoms with Crippen LogP contribution in [0.5, 0.6) is 0 Å². The molecule has 2 aromatic rings. The van der Waals surface area contributed by atoms with Crippen molar-refractivity contribution in [3.63, 3.8) is 0 Å². The molecule has 26 heavy (non-hydrogen) atoms. The second-order valence-electron chi connectivity index (χ2n) is 7.94. The Morgan fingerprint density at radius 1 is 1.31 bits per heavy atom. The third-order valence-electron chi connectivity index (χ3n) is 6.24. The van der Waals surface area contributed by atoms with Gasteiger partial charge in [0.25, 0.3) is 5.91 Å². The number of aromatic nitrogens is 3. The fraction of sp³-hybridized carbons (Fsp3) is 0.650. The normalized spacial score (nSPS) is 24.5. The number of nitrogens with one attached hydrogen (secondary N) is 1. The van der Waals surface area contributed by atoms with Crippen molar-refractivity contribution in [3.8, 4) is 0 Å². The first-order valence-corrected chi connectivity index (χ1v) is 9.93. The van der Waals surface area contributed by atoms with Crippen molar-refractivity contribution in [2.45, 2.75) is 46.1 Å². The van der Waals surface area contributed by atoms with E-state index in [0.717, 1.165) is 79.6 Å². The lowest BCUT2D eigenvalue weighted by Gasteiger charge is -2.21. The Kier molecular flexibility index (Phi) is 4.69. The van der Waals surface area contributed by atoms with E-state index >= 15 is 0 Å². The van der Waals surface area contributed by atoms with Gasteiger partial charge >= 0.3 is 0 Å². The maximum Gasteiger partial charge on any atom is 0.254 e. The average Bonchev–Trinajstić information content (AvgIpc) is 3.22. The lowest BCUT2D eigenvalue weighted by Crippen LogP contribution is -2.33. The molecule has 2 aromatic heterocycles. The molecule has 140 valence electrons. The van der Waals surface area contributed by atoms with Gasteiger partial charge in [-0.1, -0.05) is 6.92 Å². The van der Waals surface area contributed by atoms with E-state index in [1.807, 2.05) is 28.8 Å². The van der Waals surface area contributed by atoms with E-state index in [4.69, 9.17) is 0 Å². The lowest BCUT2D eigenvalue weighted by atomic mass is 9.92. The zero-order valence-electron chi connectivity index (χ0n) is 16.0. The van der Waals surface area contributed by atoms with Crippen LogP contribution < -0.4 is 5.32 Å². The number of rotatable bonds is 3. The molecule has 6 nitrogen and oxygen atoms in total. The number of fused-ring (bicyclic) bond motifs is 2. The number of amides is 1. The minimum absolute atomic E-state index is 0.136. The summed E-state index contributed by atoms with van der Waals surface area (Å²) in [5, 5.41) is 8.91. The van der Waals surface area contributed by atoms with Crippen LogP contribution in [-0.2, 0) is 0 Å². The van der Waals surface area contributed by atoms with Gasteiger partial charge in [0.2, 0.25) is 0 Å². The van der Waals surface area contributed by atoms with Crippen LogP contribution in [0.2, 0.25) is 0 Å². The van der Waals surface area contributed by atoms with E-state index in [1.54, 1.807) is 0 Å². The van der Waals surface area contributed by atoms with Crippen molar-refractivity contribution in [2.24, 2.45) is 11.8 Å². The molecule has 2 saturated heterocycles. The van der Waals surface area contributed by atoms with Crippen molar-refractivity contribution in [1.82, 2.24) is 25.0 Å². The van der Waals surface area contributed by atoms with Gasteiger partial charge in [0.05, 0.1) is 23.2 Å². The number of hydrogen-bond donors (Lipinski definition) is 1. The summed E-state index contributed by atoms with van der Waals surface area (Å²) in [5.41, 5.74) is 2.47. The zero-order valence-corrected chi connectivity index (χ0v) is 16.0. The summed E-state index contributed by atoms with van der Waals surface area (Å²) in [6.07, 6.45) is 5.00. The van der Waals surface area contributed by atoms with E-state index in [0.29, 0.717) is 0 Å². The van der Waals surface area contributed by atoms with Gasteiger partial charge in [-0.2, -0.15) is 5.10 Å². The second kappa shape index (κ2) is 6.99. The molecule has 0 spiro atoms. The summed E-state index contributed by atoms with van der Waals surface area (Å²) in [6.45, 7) is 10.2. The van der Waals surface area contributed by atoms with Crippen molar-refractivity contribution in [1.29, 1.82) is 0 Å². The largest absolute Gasteiger partial charge is 0.339 e. The third-order valence-corrected chi connectivity index (χ3v) is 6.24. The quantitative estimate of drug-likeness (QED) is 0.920. The molecule has 1 unspecified atom stereocenters. The number of likely N-dealkylation sites (tertiary alicyclic amines) is 1. The van der Waals surface area contributed by atoms with Crippen molar-refractivity contribution >= 4 is 16.9 Å². The summed E-state index contributed by atoms with van der Waals surface area (Å²) >= 11 is 0. The van der Waals surface area contributed by atoms with Crippen LogP contribution in [0.25, 0.3) is 11.0 Å². The molecule has 0 aromatic carbocycles. The predicted molar refractivity (Wildman–Crippen MR) is 102 cm³/mol. The van der Waals surface area contributed by atoms with Crippen molar-refractivity contribution in [3.05, 3.63) is 23.5 Å². The summed E-state index contributed by atoms with van der Waals surface area (Å²) in [4.78, 5) is 20.1. The summed E-state index contributed by atoms with van der Waals surface area (Å²) in [5.74, 6) is 1.58. The number of hydrogen-bond acceptors (Lipinski definition) is 4. The first-order valence-electron chi connectivity index (χ1n) is 9.93. The number of carbonyl (C=O) groups excluding carboxylic acids is 1. The molecule has 1 amide bonds. The van der Waals surface area contributed by atoms with Gasteiger partial charge in [-0.25, -0.2) is 9.67 Å². The second-order valence-corrected chi connectivity index (χ2v) is 7.94. The number of aryl methyl sites for hydroxylation is 1. The average molecular weight is 355 g/mol. The van der Waals surface area contributed by atoms with Gasteiger partial charge in [-0.3, -0.25) is 4.79 Å². The van der Waals surface area contributed by atoms with Crippen LogP contribution >= 0.6 is 0 Å². The van der Waals surface area contributed by atoms with E-state index in [9.17, 15) is 4.79 Å². The van der Waals surface area contributed by atoms with Gasteiger partial charge in [0, 0.05) is 18.8 Å². The SMILES string of the molecule is CCC(C)n1ncc2c(C(=O)N3CC[C@@H]4CNC[C@@H]4CC3)cc(C)nc21. The predicted octanol–water partition coefficient (Wildman–Crippen LogP) is 2.78. The molecule has 0 aliphatic carbocycles. The number of carbonyl (C=O) groups is 1. The van der Waals surface area contributed by atoms with E-state index in [1.165, 1.54) is 0 Å². The highest BCUT2D eigenvalue weighted by Crippen LogP contribution is 2.29. The molecule has 0 bridgehead atoms. The molecule has 2 fully saturated rings. The van der Waals surface area contributed by atoms with Gasteiger partial charge in [0.1, 0.15) is 0 Å². The van der Waals surface area contributed by atoms with E-state index in [2.05, 4.69) is 29.2 Å². The molecule has 1 N–H and O–H groups in total. The van der Waals surface area contributed by atoms with E-state index < -0.39 is 0 Å². The van der Waals surface area contributed by atoms with Crippen molar-refractivity contribution < 1.29 is 4.79 Å². The maximum absolute atomic E-state index is 13.3. The van der Waals surface area contributed by atoms with Crippen LogP contribution in [0.3, 0.4) is 0 Å². The molecular formula is C20H29N5O. The first kappa shape index (κ1) is 17.5. The summed E-state index contributed by atoms with van der Waals surface area (Å²) in [7, 11) is 0. The van der Waals surface area contributed by atoms with Gasteiger partial charge in [0.15, 0.2) is 5.65 Å². The standard InChI is InChI=1S/C20H29N5O/c1-4-14(3)25-19-18(12-22-25)17(9-13(2)23-19)20(26)24-7-5-15-10-21-11-16(15)6-8-24/h9,12,14-16,21H,4-8,10-11H2,1-3H3/t14?,15-,16+. The number of nitrogens with zero attached hydrogens (tertiary/aromatic N) is 4. The van der Waals surface area contributed by atoms with Crippen LogP contribution in [0.1, 0.15) is 55.2 Å². The molecule has 6 heteroatoms. The lowest BCUT2D eigenvalue weighted by molar-refractivity contribution is 0.0760. The fourth-order valence-electron chi connectivity index (χ4n) is 4.41. The Balaban J connectivity index is 1.65. The van der Waals surface area contributed by atoms with Gasteiger partial charge < -0.3 is 10.2 Å². The van der Waals surface area contributed by atoms with Gasteiger partial charge in [-0.15, -0.1) is 0 Å². The fourth-order valence-corrected chi connectivity index (χ4v) is 4.41. The smallest absolute Gasteiger partial charge is 0.254 e. The summed E-state index contributed by atoms with van der Waals surface area (Å²) < 4.78 is 1.96. The molecular weight excluding hydrogens is 326 g/mol. The Morgan fingerprint density at radius 2 is 2.00 bits per heavy atom. The highest BCUT2D eigenvalue weighted by atomic mass is 16.2. The molecule has 0 saturated carbocycles.